The summed E-state index contributed by atoms with van der Waals surface area (Å²) in [6.45, 7) is 6.61. The van der Waals surface area contributed by atoms with Gasteiger partial charge in [0.15, 0.2) is 11.6 Å². The molecule has 8 heteroatoms. The zero-order valence-electron chi connectivity index (χ0n) is 16.8. The van der Waals surface area contributed by atoms with Crippen molar-refractivity contribution in [3.05, 3.63) is 47.8 Å². The third-order valence-electron chi connectivity index (χ3n) is 5.72. The van der Waals surface area contributed by atoms with Gasteiger partial charge in [0.1, 0.15) is 5.82 Å². The molecule has 29 heavy (non-hydrogen) atoms. The van der Waals surface area contributed by atoms with E-state index in [4.69, 9.17) is 0 Å². The summed E-state index contributed by atoms with van der Waals surface area (Å²) in [5.74, 6) is 1.39. The number of nitrogens with zero attached hydrogens (tertiary/aromatic N) is 6. The molecular formula is C21H27FN6O. The molecule has 1 aromatic carbocycles. The van der Waals surface area contributed by atoms with E-state index in [0.717, 1.165) is 37.8 Å². The molecular weight excluding hydrogens is 371 g/mol. The van der Waals surface area contributed by atoms with Crippen molar-refractivity contribution >= 4 is 17.5 Å². The summed E-state index contributed by atoms with van der Waals surface area (Å²) in [5.41, 5.74) is 0.449. The molecule has 0 unspecified atom stereocenters. The molecule has 0 atom stereocenters. The van der Waals surface area contributed by atoms with Gasteiger partial charge in [-0.05, 0) is 30.8 Å². The first-order chi connectivity index (χ1) is 14.1. The Labute approximate surface area is 170 Å². The van der Waals surface area contributed by atoms with Crippen LogP contribution in [0.1, 0.15) is 5.56 Å². The second-order valence-electron chi connectivity index (χ2n) is 7.68. The van der Waals surface area contributed by atoms with Crippen LogP contribution in [0, 0.1) is 5.82 Å². The van der Waals surface area contributed by atoms with E-state index in [9.17, 15) is 9.18 Å². The van der Waals surface area contributed by atoms with Gasteiger partial charge in [-0.15, -0.1) is 10.2 Å². The van der Waals surface area contributed by atoms with Gasteiger partial charge >= 0.3 is 0 Å². The van der Waals surface area contributed by atoms with Gasteiger partial charge in [-0.1, -0.05) is 18.2 Å². The molecule has 1 aromatic heterocycles. The largest absolute Gasteiger partial charge is 0.353 e. The molecule has 2 fully saturated rings. The number of amides is 1. The maximum atomic E-state index is 13.8. The van der Waals surface area contributed by atoms with Crippen molar-refractivity contribution in [2.24, 2.45) is 0 Å². The number of hydrogen-bond donors (Lipinski definition) is 0. The van der Waals surface area contributed by atoms with E-state index in [1.165, 1.54) is 6.07 Å². The summed E-state index contributed by atoms with van der Waals surface area (Å²) in [7, 11) is 2.13. The molecule has 2 aromatic rings. The van der Waals surface area contributed by atoms with Gasteiger partial charge in [0.2, 0.25) is 5.91 Å². The van der Waals surface area contributed by atoms with Crippen LogP contribution in [0.25, 0.3) is 0 Å². The molecule has 1 amide bonds. The van der Waals surface area contributed by atoms with Gasteiger partial charge in [0.25, 0.3) is 0 Å². The van der Waals surface area contributed by atoms with E-state index in [0.29, 0.717) is 31.7 Å². The Hall–Kier alpha value is -2.74. The smallest absolute Gasteiger partial charge is 0.227 e. The number of hydrogen-bond acceptors (Lipinski definition) is 6. The van der Waals surface area contributed by atoms with E-state index in [-0.39, 0.29) is 18.1 Å². The first-order valence-electron chi connectivity index (χ1n) is 10.1. The highest BCUT2D eigenvalue weighted by Crippen LogP contribution is 2.18. The summed E-state index contributed by atoms with van der Waals surface area (Å²) in [4.78, 5) is 21.0. The van der Waals surface area contributed by atoms with Crippen LogP contribution in [0.15, 0.2) is 36.4 Å². The van der Waals surface area contributed by atoms with Crippen LogP contribution in [0.2, 0.25) is 0 Å². The Morgan fingerprint density at radius 2 is 1.41 bits per heavy atom. The Kier molecular flexibility index (Phi) is 5.89. The lowest BCUT2D eigenvalue weighted by Gasteiger charge is -2.36. The van der Waals surface area contributed by atoms with Crippen molar-refractivity contribution in [1.82, 2.24) is 20.0 Å². The highest BCUT2D eigenvalue weighted by Gasteiger charge is 2.23. The monoisotopic (exact) mass is 398 g/mol. The van der Waals surface area contributed by atoms with E-state index >= 15 is 0 Å². The summed E-state index contributed by atoms with van der Waals surface area (Å²) >= 11 is 0. The predicted octanol–water partition coefficient (Wildman–Crippen LogP) is 1.26. The van der Waals surface area contributed by atoms with Gasteiger partial charge in [-0.3, -0.25) is 4.79 Å². The molecule has 154 valence electrons. The number of anilines is 2. The van der Waals surface area contributed by atoms with E-state index < -0.39 is 0 Å². The first-order valence-corrected chi connectivity index (χ1v) is 10.1. The van der Waals surface area contributed by atoms with Crippen LogP contribution in [-0.2, 0) is 11.2 Å². The van der Waals surface area contributed by atoms with Gasteiger partial charge < -0.3 is 19.6 Å². The normalized spacial score (nSPS) is 18.2. The molecule has 2 aliphatic heterocycles. The zero-order valence-corrected chi connectivity index (χ0v) is 16.8. The average Bonchev–Trinajstić information content (AvgIpc) is 2.76. The maximum absolute atomic E-state index is 13.8. The fourth-order valence-corrected chi connectivity index (χ4v) is 3.79. The van der Waals surface area contributed by atoms with Crippen LogP contribution >= 0.6 is 0 Å². The van der Waals surface area contributed by atoms with Crippen LogP contribution in [0.3, 0.4) is 0 Å². The van der Waals surface area contributed by atoms with Crippen molar-refractivity contribution in [2.45, 2.75) is 6.42 Å². The second kappa shape index (κ2) is 8.73. The number of rotatable bonds is 4. The predicted molar refractivity (Wildman–Crippen MR) is 111 cm³/mol. The second-order valence-corrected chi connectivity index (χ2v) is 7.68. The van der Waals surface area contributed by atoms with E-state index in [1.54, 1.807) is 23.1 Å². The SMILES string of the molecule is CN1CCN(c2ccc(N3CCN(C(=O)Cc4ccccc4F)CC3)nn2)CC1. The Morgan fingerprint density at radius 3 is 1.97 bits per heavy atom. The average molecular weight is 398 g/mol. The molecule has 2 saturated heterocycles. The first kappa shape index (κ1) is 19.6. The zero-order chi connectivity index (χ0) is 20.2. The third-order valence-corrected chi connectivity index (χ3v) is 5.72. The number of likely N-dealkylation sites (N-methyl/N-ethyl adjacent to an activating group) is 1. The summed E-state index contributed by atoms with van der Waals surface area (Å²) < 4.78 is 13.8. The quantitative estimate of drug-likeness (QED) is 0.773. The number of benzene rings is 1. The lowest BCUT2D eigenvalue weighted by atomic mass is 10.1. The van der Waals surface area contributed by atoms with Crippen LogP contribution in [0.4, 0.5) is 16.0 Å². The molecule has 0 radical (unpaired) electrons. The Balaban J connectivity index is 1.30. The molecule has 7 nitrogen and oxygen atoms in total. The van der Waals surface area contributed by atoms with Crippen LogP contribution < -0.4 is 9.80 Å². The molecule has 0 saturated carbocycles. The van der Waals surface area contributed by atoms with Crippen molar-refractivity contribution in [3.63, 3.8) is 0 Å². The van der Waals surface area contributed by atoms with E-state index in [1.807, 2.05) is 12.1 Å². The van der Waals surface area contributed by atoms with Crippen LogP contribution in [0.5, 0.6) is 0 Å². The van der Waals surface area contributed by atoms with Crippen molar-refractivity contribution in [1.29, 1.82) is 0 Å². The molecule has 2 aliphatic rings. The molecule has 0 N–H and O–H groups in total. The van der Waals surface area contributed by atoms with Crippen molar-refractivity contribution < 1.29 is 9.18 Å². The van der Waals surface area contributed by atoms with Gasteiger partial charge in [0, 0.05) is 52.4 Å². The minimum atomic E-state index is -0.324. The Bertz CT molecular complexity index is 829. The van der Waals surface area contributed by atoms with Crippen LogP contribution in [-0.4, -0.2) is 85.3 Å². The highest BCUT2D eigenvalue weighted by atomic mass is 19.1. The maximum Gasteiger partial charge on any atom is 0.227 e. The number of aromatic nitrogens is 2. The molecule has 0 aliphatic carbocycles. The van der Waals surface area contributed by atoms with Crippen molar-refractivity contribution in [3.8, 4) is 0 Å². The van der Waals surface area contributed by atoms with Gasteiger partial charge in [-0.25, -0.2) is 4.39 Å². The fraction of sp³-hybridized carbons (Fsp3) is 0.476. The number of carbonyl (C=O) groups excluding carboxylic acids is 1. The van der Waals surface area contributed by atoms with Gasteiger partial charge in [-0.2, -0.15) is 0 Å². The lowest BCUT2D eigenvalue weighted by Crippen LogP contribution is -2.49. The van der Waals surface area contributed by atoms with E-state index in [2.05, 4.69) is 31.9 Å². The number of piperazine rings is 2. The topological polar surface area (TPSA) is 55.8 Å². The molecule has 3 heterocycles. The fourth-order valence-electron chi connectivity index (χ4n) is 3.79. The number of carbonyl (C=O) groups is 1. The van der Waals surface area contributed by atoms with Crippen molar-refractivity contribution in [2.75, 3.05) is 69.2 Å². The minimum Gasteiger partial charge on any atom is -0.353 e. The standard InChI is InChI=1S/C21H27FN6O/c1-25-8-10-26(11-9-25)19-6-7-20(24-23-19)27-12-14-28(15-13-27)21(29)16-17-4-2-3-5-18(17)22/h2-7H,8-16H2,1H3. The molecule has 4 rings (SSSR count). The highest BCUT2D eigenvalue weighted by molar-refractivity contribution is 5.79. The summed E-state index contributed by atoms with van der Waals surface area (Å²) in [6.07, 6.45) is 0.103. The minimum absolute atomic E-state index is 0.0359. The lowest BCUT2D eigenvalue weighted by molar-refractivity contribution is -0.130. The van der Waals surface area contributed by atoms with Gasteiger partial charge in [0.05, 0.1) is 6.42 Å². The molecule has 0 spiro atoms. The molecule has 0 bridgehead atoms. The summed E-state index contributed by atoms with van der Waals surface area (Å²) in [5, 5.41) is 8.83. The number of halogens is 1. The third kappa shape index (κ3) is 4.64. The summed E-state index contributed by atoms with van der Waals surface area (Å²) in [6, 6.07) is 10.5. The Morgan fingerprint density at radius 1 is 0.862 bits per heavy atom.